The number of hydrogen-bond acceptors (Lipinski definition) is 4. The van der Waals surface area contributed by atoms with Crippen LogP contribution in [0.4, 0.5) is 17.1 Å². The number of para-hydroxylation sites is 1. The highest BCUT2D eigenvalue weighted by Gasteiger charge is 2.22. The van der Waals surface area contributed by atoms with Crippen molar-refractivity contribution in [3.05, 3.63) is 152 Å². The molecule has 7 aromatic carbocycles. The molecule has 3 aromatic heterocycles. The van der Waals surface area contributed by atoms with Crippen LogP contribution in [-0.4, -0.2) is 0 Å². The van der Waals surface area contributed by atoms with Crippen LogP contribution in [-0.2, 0) is 0 Å². The minimum atomic E-state index is 0.899. The van der Waals surface area contributed by atoms with Crippen LogP contribution in [0, 0.1) is 0 Å². The predicted molar refractivity (Wildman–Crippen MR) is 200 cm³/mol. The number of hydrogen-bond donors (Lipinski definition) is 0. The summed E-state index contributed by atoms with van der Waals surface area (Å²) in [6.07, 6.45) is 0. The number of nitrogens with zero attached hydrogens (tertiary/aromatic N) is 1. The van der Waals surface area contributed by atoms with Crippen molar-refractivity contribution in [2.75, 3.05) is 4.90 Å². The molecule has 0 aliphatic carbocycles. The highest BCUT2D eigenvalue weighted by Crippen LogP contribution is 2.49. The first-order valence-corrected chi connectivity index (χ1v) is 17.1. The molecule has 0 aliphatic heterocycles. The van der Waals surface area contributed by atoms with Crippen molar-refractivity contribution >= 4 is 102 Å². The van der Waals surface area contributed by atoms with E-state index in [1.807, 2.05) is 34.8 Å². The van der Waals surface area contributed by atoms with E-state index in [0.29, 0.717) is 0 Å². The van der Waals surface area contributed by atoms with E-state index in [-0.39, 0.29) is 0 Å². The number of fused-ring (bicyclic) bond motifs is 9. The van der Waals surface area contributed by atoms with Crippen molar-refractivity contribution in [2.24, 2.45) is 0 Å². The lowest BCUT2D eigenvalue weighted by Crippen LogP contribution is -2.10. The summed E-state index contributed by atoms with van der Waals surface area (Å²) < 4.78 is 11.4. The monoisotopic (exact) mass is 623 g/mol. The minimum absolute atomic E-state index is 0.899. The number of anilines is 3. The van der Waals surface area contributed by atoms with Gasteiger partial charge in [-0.15, -0.1) is 22.7 Å². The smallest absolute Gasteiger partial charge is 0.135 e. The third-order valence-corrected chi connectivity index (χ3v) is 11.4. The molecule has 0 aliphatic rings. The average molecular weight is 624 g/mol. The zero-order valence-corrected chi connectivity index (χ0v) is 26.2. The van der Waals surface area contributed by atoms with E-state index < -0.39 is 0 Å². The van der Waals surface area contributed by atoms with Crippen molar-refractivity contribution in [1.82, 2.24) is 0 Å². The average Bonchev–Trinajstić information content (AvgIpc) is 3.80. The van der Waals surface area contributed by atoms with Gasteiger partial charge in [-0.05, 0) is 65.7 Å². The molecule has 10 rings (SSSR count). The number of thiophene rings is 2. The molecular weight excluding hydrogens is 599 g/mol. The molecule has 0 saturated carbocycles. The fourth-order valence-corrected chi connectivity index (χ4v) is 9.37. The first-order valence-electron chi connectivity index (χ1n) is 15.4. The maximum Gasteiger partial charge on any atom is 0.135 e. The predicted octanol–water partition coefficient (Wildman–Crippen LogP) is 13.5. The molecule has 216 valence electrons. The SMILES string of the molecule is c1ccc(-c2ccc(N(c3ccc4c(c3)sc3ccccc34)c3ccc4oc5ccccc5c4c3)c3c2sc2ccccc23)cc1. The second kappa shape index (κ2) is 10.0. The van der Waals surface area contributed by atoms with Gasteiger partial charge in [0.2, 0.25) is 0 Å². The van der Waals surface area contributed by atoms with Gasteiger partial charge in [-0.1, -0.05) is 97.1 Å². The lowest BCUT2D eigenvalue weighted by atomic mass is 10.00. The summed E-state index contributed by atoms with van der Waals surface area (Å²) in [5, 5.41) is 7.41. The molecule has 0 atom stereocenters. The molecule has 0 fully saturated rings. The molecule has 2 nitrogen and oxygen atoms in total. The molecule has 3 heterocycles. The summed E-state index contributed by atoms with van der Waals surface area (Å²) in [6, 6.07) is 54.8. The Hall–Kier alpha value is -5.42. The summed E-state index contributed by atoms with van der Waals surface area (Å²) in [5.74, 6) is 0. The molecular formula is C42H25NOS2. The van der Waals surface area contributed by atoms with Crippen LogP contribution in [0.5, 0.6) is 0 Å². The van der Waals surface area contributed by atoms with Gasteiger partial charge in [-0.2, -0.15) is 0 Å². The van der Waals surface area contributed by atoms with Gasteiger partial charge in [0.05, 0.1) is 5.69 Å². The summed E-state index contributed by atoms with van der Waals surface area (Å²) in [7, 11) is 0. The van der Waals surface area contributed by atoms with Gasteiger partial charge in [0.15, 0.2) is 0 Å². The fourth-order valence-electron chi connectivity index (χ4n) is 6.98. The third-order valence-electron chi connectivity index (χ3n) is 9.07. The summed E-state index contributed by atoms with van der Waals surface area (Å²) >= 11 is 3.73. The third kappa shape index (κ3) is 3.87. The Kier molecular flexibility index (Phi) is 5.65. The summed E-state index contributed by atoms with van der Waals surface area (Å²) in [5.41, 5.74) is 7.70. The van der Waals surface area contributed by atoms with Crippen molar-refractivity contribution in [2.45, 2.75) is 0 Å². The molecule has 46 heavy (non-hydrogen) atoms. The number of benzene rings is 7. The minimum Gasteiger partial charge on any atom is -0.456 e. The molecule has 0 radical (unpaired) electrons. The first kappa shape index (κ1) is 25.9. The zero-order chi connectivity index (χ0) is 30.2. The Labute approximate surface area is 273 Å². The Bertz CT molecular complexity index is 2770. The largest absolute Gasteiger partial charge is 0.456 e. The van der Waals surface area contributed by atoms with E-state index >= 15 is 0 Å². The quantitative estimate of drug-likeness (QED) is 0.194. The molecule has 0 amide bonds. The van der Waals surface area contributed by atoms with E-state index in [0.717, 1.165) is 33.3 Å². The van der Waals surface area contributed by atoms with Crippen molar-refractivity contribution in [3.8, 4) is 11.1 Å². The normalized spacial score (nSPS) is 11.9. The topological polar surface area (TPSA) is 16.4 Å². The highest BCUT2D eigenvalue weighted by molar-refractivity contribution is 7.26. The second-order valence-electron chi connectivity index (χ2n) is 11.7. The molecule has 10 aromatic rings. The van der Waals surface area contributed by atoms with Crippen LogP contribution in [0.25, 0.3) is 73.4 Å². The maximum absolute atomic E-state index is 6.25. The fraction of sp³-hybridized carbons (Fsp3) is 0. The first-order chi connectivity index (χ1) is 22.8. The Balaban J connectivity index is 1.29. The summed E-state index contributed by atoms with van der Waals surface area (Å²) in [6.45, 7) is 0. The second-order valence-corrected chi connectivity index (χ2v) is 13.8. The van der Waals surface area contributed by atoms with Crippen LogP contribution in [0.3, 0.4) is 0 Å². The van der Waals surface area contributed by atoms with Crippen LogP contribution >= 0.6 is 22.7 Å². The van der Waals surface area contributed by atoms with Crippen LogP contribution in [0.15, 0.2) is 156 Å². The van der Waals surface area contributed by atoms with Crippen LogP contribution in [0.1, 0.15) is 0 Å². The van der Waals surface area contributed by atoms with Gasteiger partial charge < -0.3 is 9.32 Å². The molecule has 0 N–H and O–H groups in total. The van der Waals surface area contributed by atoms with Crippen molar-refractivity contribution in [3.63, 3.8) is 0 Å². The zero-order valence-electron chi connectivity index (χ0n) is 24.6. The number of rotatable bonds is 4. The lowest BCUT2D eigenvalue weighted by molar-refractivity contribution is 0.669. The number of furan rings is 1. The van der Waals surface area contributed by atoms with E-state index in [4.69, 9.17) is 4.42 Å². The Morgan fingerprint density at radius 3 is 1.96 bits per heavy atom. The van der Waals surface area contributed by atoms with Crippen molar-refractivity contribution in [1.29, 1.82) is 0 Å². The van der Waals surface area contributed by atoms with Gasteiger partial charge in [0.1, 0.15) is 11.2 Å². The van der Waals surface area contributed by atoms with Crippen molar-refractivity contribution < 1.29 is 4.42 Å². The van der Waals surface area contributed by atoms with Crippen LogP contribution < -0.4 is 4.90 Å². The molecule has 4 heteroatoms. The van der Waals surface area contributed by atoms with Gasteiger partial charge in [-0.25, -0.2) is 0 Å². The summed E-state index contributed by atoms with van der Waals surface area (Å²) in [4.78, 5) is 2.45. The van der Waals surface area contributed by atoms with Gasteiger partial charge in [-0.3, -0.25) is 0 Å². The molecule has 0 saturated heterocycles. The van der Waals surface area contributed by atoms with Gasteiger partial charge in [0.25, 0.3) is 0 Å². The molecule has 0 bridgehead atoms. The molecule has 0 spiro atoms. The highest BCUT2D eigenvalue weighted by atomic mass is 32.1. The van der Waals surface area contributed by atoms with Gasteiger partial charge >= 0.3 is 0 Å². The van der Waals surface area contributed by atoms with E-state index in [9.17, 15) is 0 Å². The van der Waals surface area contributed by atoms with E-state index in [1.165, 1.54) is 57.2 Å². The van der Waals surface area contributed by atoms with Crippen LogP contribution in [0.2, 0.25) is 0 Å². The Morgan fingerprint density at radius 2 is 1.09 bits per heavy atom. The lowest BCUT2D eigenvalue weighted by Gasteiger charge is -2.27. The van der Waals surface area contributed by atoms with E-state index in [2.05, 4.69) is 144 Å². The van der Waals surface area contributed by atoms with E-state index in [1.54, 1.807) is 0 Å². The standard InChI is InChI=1S/C42H25NOS2/c1-2-10-26(11-3-1)29-21-22-35(41-33-14-6-9-17-39(33)46-42(29)41)43(27-19-23-37-34(24-27)30-12-4-7-15-36(30)44-37)28-18-20-32-31-13-5-8-16-38(31)45-40(32)25-28/h1-25H. The van der Waals surface area contributed by atoms with Gasteiger partial charge in [0, 0.05) is 62.5 Å². The maximum atomic E-state index is 6.25. The molecule has 0 unspecified atom stereocenters. The Morgan fingerprint density at radius 1 is 0.435 bits per heavy atom.